The van der Waals surface area contributed by atoms with Crippen LogP contribution < -0.4 is 5.32 Å². The lowest BCUT2D eigenvalue weighted by Gasteiger charge is -2.32. The topological polar surface area (TPSA) is 48.3 Å². The van der Waals surface area contributed by atoms with Gasteiger partial charge in [-0.2, -0.15) is 5.26 Å². The van der Waals surface area contributed by atoms with E-state index in [4.69, 9.17) is 21.6 Å². The zero-order chi connectivity index (χ0) is 14.4. The van der Waals surface area contributed by atoms with Crippen LogP contribution in [0, 0.1) is 11.3 Å². The first kappa shape index (κ1) is 15.1. The highest BCUT2D eigenvalue weighted by molar-refractivity contribution is 6.32. The second kappa shape index (κ2) is 7.49. The molecule has 0 spiro atoms. The lowest BCUT2D eigenvalue weighted by Crippen LogP contribution is -2.40. The van der Waals surface area contributed by atoms with E-state index in [1.54, 1.807) is 13.2 Å². The molecule has 0 radical (unpaired) electrons. The van der Waals surface area contributed by atoms with E-state index in [2.05, 4.69) is 16.3 Å². The van der Waals surface area contributed by atoms with Crippen molar-refractivity contribution in [1.29, 1.82) is 5.26 Å². The van der Waals surface area contributed by atoms with Gasteiger partial charge < -0.3 is 15.0 Å². The van der Waals surface area contributed by atoms with Gasteiger partial charge in [-0.15, -0.1) is 0 Å². The molecule has 0 aromatic heterocycles. The molecule has 0 bridgehead atoms. The van der Waals surface area contributed by atoms with Gasteiger partial charge in [0.2, 0.25) is 0 Å². The Balaban J connectivity index is 1.83. The Kier molecular flexibility index (Phi) is 5.66. The van der Waals surface area contributed by atoms with E-state index >= 15 is 0 Å². The number of piperidine rings is 1. The zero-order valence-corrected chi connectivity index (χ0v) is 12.5. The number of anilines is 1. The number of hydrogen-bond donors (Lipinski definition) is 1. The van der Waals surface area contributed by atoms with Crippen LogP contribution in [0.25, 0.3) is 0 Å². The van der Waals surface area contributed by atoms with Crippen LogP contribution in [-0.4, -0.2) is 44.3 Å². The predicted molar refractivity (Wildman–Crippen MR) is 81.1 cm³/mol. The molecule has 1 aliphatic heterocycles. The number of likely N-dealkylation sites (tertiary alicyclic amines) is 1. The molecule has 1 heterocycles. The number of nitriles is 1. The molecule has 5 heteroatoms. The van der Waals surface area contributed by atoms with Crippen molar-refractivity contribution in [3.8, 4) is 6.07 Å². The van der Waals surface area contributed by atoms with E-state index in [0.29, 0.717) is 16.6 Å². The first-order valence-electron chi connectivity index (χ1n) is 6.90. The monoisotopic (exact) mass is 293 g/mol. The van der Waals surface area contributed by atoms with E-state index in [0.717, 1.165) is 44.8 Å². The molecule has 2 rings (SSSR count). The number of benzene rings is 1. The largest absolute Gasteiger partial charge is 0.383 e. The number of halogens is 1. The third-order valence-corrected chi connectivity index (χ3v) is 3.97. The van der Waals surface area contributed by atoms with Crippen molar-refractivity contribution in [3.05, 3.63) is 28.8 Å². The Hall–Kier alpha value is -1.28. The third-order valence-electron chi connectivity index (χ3n) is 3.66. The van der Waals surface area contributed by atoms with Gasteiger partial charge in [0, 0.05) is 38.5 Å². The van der Waals surface area contributed by atoms with Crippen LogP contribution in [-0.2, 0) is 4.74 Å². The molecule has 1 N–H and O–H groups in total. The molecule has 1 fully saturated rings. The molecule has 0 amide bonds. The average Bonchev–Trinajstić information content (AvgIpc) is 2.47. The molecular formula is C15H20ClN3O. The Labute approximate surface area is 125 Å². The number of methoxy groups -OCH3 is 1. The van der Waals surface area contributed by atoms with E-state index in [1.165, 1.54) is 0 Å². The molecule has 0 saturated carbocycles. The lowest BCUT2D eigenvalue weighted by molar-refractivity contribution is 0.132. The average molecular weight is 294 g/mol. The Morgan fingerprint density at radius 3 is 2.80 bits per heavy atom. The molecule has 0 atom stereocenters. The highest BCUT2D eigenvalue weighted by atomic mass is 35.5. The van der Waals surface area contributed by atoms with Crippen LogP contribution in [0.15, 0.2) is 18.2 Å². The summed E-state index contributed by atoms with van der Waals surface area (Å²) >= 11 is 6.04. The number of nitrogens with zero attached hydrogens (tertiary/aromatic N) is 2. The SMILES string of the molecule is COCCN1CCC(Nc2ccc(C#N)c(Cl)c2)CC1. The normalized spacial score (nSPS) is 16.9. The standard InChI is InChI=1S/C15H20ClN3O/c1-20-9-8-19-6-4-13(5-7-19)18-14-3-2-12(11-17)15(16)10-14/h2-3,10,13,18H,4-9H2,1H3. The third kappa shape index (κ3) is 4.11. The maximum atomic E-state index is 8.86. The summed E-state index contributed by atoms with van der Waals surface area (Å²) in [7, 11) is 1.74. The zero-order valence-electron chi connectivity index (χ0n) is 11.7. The van der Waals surface area contributed by atoms with Gasteiger partial charge in [-0.05, 0) is 31.0 Å². The number of nitrogens with one attached hydrogen (secondary N) is 1. The van der Waals surface area contributed by atoms with Crippen molar-refractivity contribution in [2.75, 3.05) is 38.7 Å². The van der Waals surface area contributed by atoms with Gasteiger partial charge in [-0.3, -0.25) is 0 Å². The highest BCUT2D eigenvalue weighted by Crippen LogP contribution is 2.22. The predicted octanol–water partition coefficient (Wildman–Crippen LogP) is 2.73. The summed E-state index contributed by atoms with van der Waals surface area (Å²) in [5.41, 5.74) is 1.51. The minimum atomic E-state index is 0.470. The summed E-state index contributed by atoms with van der Waals surface area (Å²) in [6.07, 6.45) is 2.22. The molecule has 1 aromatic rings. The minimum absolute atomic E-state index is 0.470. The molecule has 108 valence electrons. The highest BCUT2D eigenvalue weighted by Gasteiger charge is 2.18. The van der Waals surface area contributed by atoms with Gasteiger partial charge in [0.1, 0.15) is 6.07 Å². The van der Waals surface area contributed by atoms with Crippen LogP contribution in [0.4, 0.5) is 5.69 Å². The van der Waals surface area contributed by atoms with Crippen molar-refractivity contribution < 1.29 is 4.74 Å². The van der Waals surface area contributed by atoms with Crippen molar-refractivity contribution in [2.24, 2.45) is 0 Å². The van der Waals surface area contributed by atoms with Gasteiger partial charge in [0.25, 0.3) is 0 Å². The van der Waals surface area contributed by atoms with Gasteiger partial charge in [-0.1, -0.05) is 11.6 Å². The maximum absolute atomic E-state index is 8.86. The fourth-order valence-electron chi connectivity index (χ4n) is 2.45. The van der Waals surface area contributed by atoms with E-state index < -0.39 is 0 Å². The molecule has 1 aromatic carbocycles. The Morgan fingerprint density at radius 2 is 2.20 bits per heavy atom. The Morgan fingerprint density at radius 1 is 1.45 bits per heavy atom. The van der Waals surface area contributed by atoms with Crippen molar-refractivity contribution in [2.45, 2.75) is 18.9 Å². The van der Waals surface area contributed by atoms with Crippen molar-refractivity contribution >= 4 is 17.3 Å². The van der Waals surface area contributed by atoms with Gasteiger partial charge in [-0.25, -0.2) is 0 Å². The molecule has 1 aliphatic rings. The summed E-state index contributed by atoms with van der Waals surface area (Å²) in [5.74, 6) is 0. The molecule has 0 aliphatic carbocycles. The second-order valence-corrected chi connectivity index (χ2v) is 5.47. The number of hydrogen-bond acceptors (Lipinski definition) is 4. The fraction of sp³-hybridized carbons (Fsp3) is 0.533. The van der Waals surface area contributed by atoms with Crippen LogP contribution in [0.2, 0.25) is 5.02 Å². The molecule has 20 heavy (non-hydrogen) atoms. The smallest absolute Gasteiger partial charge is 0.101 e. The van der Waals surface area contributed by atoms with Crippen LogP contribution in [0.5, 0.6) is 0 Å². The molecule has 1 saturated heterocycles. The summed E-state index contributed by atoms with van der Waals surface area (Å²) in [6.45, 7) is 3.98. The first-order chi connectivity index (χ1) is 9.72. The van der Waals surface area contributed by atoms with Crippen LogP contribution in [0.1, 0.15) is 18.4 Å². The molecular weight excluding hydrogens is 274 g/mol. The van der Waals surface area contributed by atoms with Gasteiger partial charge in [0.05, 0.1) is 17.2 Å². The van der Waals surface area contributed by atoms with Crippen LogP contribution in [0.3, 0.4) is 0 Å². The first-order valence-corrected chi connectivity index (χ1v) is 7.28. The number of ether oxygens (including phenoxy) is 1. The fourth-order valence-corrected chi connectivity index (χ4v) is 2.68. The quantitative estimate of drug-likeness (QED) is 0.907. The van der Waals surface area contributed by atoms with Crippen LogP contribution >= 0.6 is 11.6 Å². The molecule has 0 unspecified atom stereocenters. The maximum Gasteiger partial charge on any atom is 0.101 e. The van der Waals surface area contributed by atoms with E-state index in [-0.39, 0.29) is 0 Å². The lowest BCUT2D eigenvalue weighted by atomic mass is 10.0. The van der Waals surface area contributed by atoms with E-state index in [1.807, 2.05) is 12.1 Å². The molecule has 4 nitrogen and oxygen atoms in total. The summed E-state index contributed by atoms with van der Waals surface area (Å²) in [4.78, 5) is 2.42. The van der Waals surface area contributed by atoms with Gasteiger partial charge >= 0.3 is 0 Å². The Bertz CT molecular complexity index is 478. The van der Waals surface area contributed by atoms with Gasteiger partial charge in [0.15, 0.2) is 0 Å². The minimum Gasteiger partial charge on any atom is -0.383 e. The summed E-state index contributed by atoms with van der Waals surface area (Å²) < 4.78 is 5.10. The van der Waals surface area contributed by atoms with E-state index in [9.17, 15) is 0 Å². The summed E-state index contributed by atoms with van der Waals surface area (Å²) in [5, 5.41) is 12.9. The van der Waals surface area contributed by atoms with Crippen molar-refractivity contribution in [3.63, 3.8) is 0 Å². The second-order valence-electron chi connectivity index (χ2n) is 5.06. The number of rotatable bonds is 5. The van der Waals surface area contributed by atoms with Crippen molar-refractivity contribution in [1.82, 2.24) is 4.90 Å². The summed E-state index contributed by atoms with van der Waals surface area (Å²) in [6, 6.07) is 8.05.